The molecule has 6 rings (SSSR count). The van der Waals surface area contributed by atoms with Gasteiger partial charge in [0.2, 0.25) is 5.91 Å². The average Bonchev–Trinajstić information content (AvgIpc) is 3.50. The number of aromatic nitrogens is 2. The number of imidazole rings is 1. The van der Waals surface area contributed by atoms with Crippen molar-refractivity contribution in [2.24, 2.45) is 11.8 Å². The Labute approximate surface area is 202 Å². The van der Waals surface area contributed by atoms with Crippen LogP contribution in [0.5, 0.6) is 0 Å². The van der Waals surface area contributed by atoms with E-state index in [1.165, 1.54) is 11.1 Å². The number of benzene rings is 3. The Bertz CT molecular complexity index is 1310. The monoisotopic (exact) mass is 499 g/mol. The SMILES string of the molecule is O=C(C1CC1)N1CC[C@@H](Cn2c(-c3ccc(-c4ccccc4)cc3)nc3ccc(Br)cc32)C1. The molecule has 1 aromatic heterocycles. The molecule has 166 valence electrons. The summed E-state index contributed by atoms with van der Waals surface area (Å²) in [6.07, 6.45) is 3.20. The third kappa shape index (κ3) is 4.10. The maximum absolute atomic E-state index is 12.6. The molecule has 0 unspecified atom stereocenters. The molecule has 3 aromatic carbocycles. The molecule has 1 aliphatic heterocycles. The van der Waals surface area contributed by atoms with Gasteiger partial charge in [0.05, 0.1) is 11.0 Å². The van der Waals surface area contributed by atoms with Crippen LogP contribution in [-0.2, 0) is 11.3 Å². The van der Waals surface area contributed by atoms with Gasteiger partial charge in [-0.15, -0.1) is 0 Å². The number of carbonyl (C=O) groups excluding carboxylic acids is 1. The number of halogens is 1. The largest absolute Gasteiger partial charge is 0.342 e. The highest BCUT2D eigenvalue weighted by molar-refractivity contribution is 9.10. The van der Waals surface area contributed by atoms with E-state index in [1.807, 2.05) is 12.1 Å². The molecule has 1 amide bonds. The lowest BCUT2D eigenvalue weighted by Gasteiger charge is -2.18. The second-order valence-electron chi connectivity index (χ2n) is 9.34. The summed E-state index contributed by atoms with van der Waals surface area (Å²) in [6.45, 7) is 2.62. The number of nitrogens with zero attached hydrogens (tertiary/aromatic N) is 3. The highest BCUT2D eigenvalue weighted by Crippen LogP contribution is 2.34. The van der Waals surface area contributed by atoms with Crippen molar-refractivity contribution in [3.8, 4) is 22.5 Å². The second kappa shape index (κ2) is 8.45. The molecule has 1 aliphatic carbocycles. The maximum Gasteiger partial charge on any atom is 0.225 e. The van der Waals surface area contributed by atoms with Crippen molar-refractivity contribution in [1.82, 2.24) is 14.5 Å². The number of fused-ring (bicyclic) bond motifs is 1. The fourth-order valence-corrected chi connectivity index (χ4v) is 5.32. The first kappa shape index (κ1) is 20.7. The first-order chi connectivity index (χ1) is 16.2. The van der Waals surface area contributed by atoms with E-state index in [1.54, 1.807) is 0 Å². The van der Waals surface area contributed by atoms with Gasteiger partial charge in [-0.3, -0.25) is 4.79 Å². The highest BCUT2D eigenvalue weighted by Gasteiger charge is 2.36. The first-order valence-electron chi connectivity index (χ1n) is 11.8. The standard InChI is InChI=1S/C28H26BrN3O/c29-24-12-13-25-26(16-24)32(18-19-14-15-31(17-19)28(33)23-10-11-23)27(30-25)22-8-6-21(7-9-22)20-4-2-1-3-5-20/h1-9,12-13,16,19,23H,10-11,14-15,17-18H2/t19-/m1/s1. The molecule has 4 aromatic rings. The van der Waals surface area contributed by atoms with Crippen LogP contribution in [0.15, 0.2) is 77.3 Å². The number of hydrogen-bond acceptors (Lipinski definition) is 2. The summed E-state index contributed by atoms with van der Waals surface area (Å²) in [5.41, 5.74) is 5.68. The molecule has 5 heteroatoms. The van der Waals surface area contributed by atoms with Gasteiger partial charge in [-0.1, -0.05) is 70.5 Å². The number of likely N-dealkylation sites (tertiary alicyclic amines) is 1. The Balaban J connectivity index is 1.33. The molecule has 0 N–H and O–H groups in total. The lowest BCUT2D eigenvalue weighted by atomic mass is 10.0. The number of amides is 1. The zero-order valence-electron chi connectivity index (χ0n) is 18.5. The topological polar surface area (TPSA) is 38.1 Å². The van der Waals surface area contributed by atoms with Gasteiger partial charge in [0.1, 0.15) is 5.82 Å². The fraction of sp³-hybridized carbons (Fsp3) is 0.286. The molecule has 0 bridgehead atoms. The van der Waals surface area contributed by atoms with Crippen molar-refractivity contribution in [2.75, 3.05) is 13.1 Å². The molecule has 4 nitrogen and oxygen atoms in total. The van der Waals surface area contributed by atoms with Crippen molar-refractivity contribution < 1.29 is 4.79 Å². The van der Waals surface area contributed by atoms with E-state index in [0.29, 0.717) is 17.7 Å². The van der Waals surface area contributed by atoms with Crippen molar-refractivity contribution in [1.29, 1.82) is 0 Å². The molecule has 2 heterocycles. The predicted molar refractivity (Wildman–Crippen MR) is 136 cm³/mol. The molecule has 2 aliphatic rings. The second-order valence-corrected chi connectivity index (χ2v) is 10.3. The summed E-state index contributed by atoms with van der Waals surface area (Å²) in [6, 6.07) is 25.4. The van der Waals surface area contributed by atoms with Crippen LogP contribution >= 0.6 is 15.9 Å². The predicted octanol–water partition coefficient (Wildman–Crippen LogP) is 6.39. The van der Waals surface area contributed by atoms with E-state index < -0.39 is 0 Å². The van der Waals surface area contributed by atoms with Gasteiger partial charge in [0, 0.05) is 35.6 Å². The Morgan fingerprint density at radius 1 is 0.909 bits per heavy atom. The number of rotatable bonds is 5. The van der Waals surface area contributed by atoms with E-state index in [9.17, 15) is 4.79 Å². The van der Waals surface area contributed by atoms with E-state index >= 15 is 0 Å². The summed E-state index contributed by atoms with van der Waals surface area (Å²) in [7, 11) is 0. The summed E-state index contributed by atoms with van der Waals surface area (Å²) < 4.78 is 3.41. The van der Waals surface area contributed by atoms with Gasteiger partial charge >= 0.3 is 0 Å². The summed E-state index contributed by atoms with van der Waals surface area (Å²) in [5.74, 6) is 2.11. The minimum atomic E-state index is 0.299. The summed E-state index contributed by atoms with van der Waals surface area (Å²) in [5, 5.41) is 0. The third-order valence-electron chi connectivity index (χ3n) is 6.93. The minimum absolute atomic E-state index is 0.299. The fourth-order valence-electron chi connectivity index (χ4n) is 4.97. The van der Waals surface area contributed by atoms with Gasteiger partial charge in [0.15, 0.2) is 0 Å². The zero-order chi connectivity index (χ0) is 22.4. The molecule has 1 atom stereocenters. The molecule has 0 radical (unpaired) electrons. The third-order valence-corrected chi connectivity index (χ3v) is 7.42. The van der Waals surface area contributed by atoms with E-state index in [2.05, 4.69) is 86.1 Å². The smallest absolute Gasteiger partial charge is 0.225 e. The van der Waals surface area contributed by atoms with E-state index in [-0.39, 0.29) is 0 Å². The molecular weight excluding hydrogens is 474 g/mol. The Morgan fingerprint density at radius 3 is 2.39 bits per heavy atom. The quantitative estimate of drug-likeness (QED) is 0.319. The molecule has 0 spiro atoms. The van der Waals surface area contributed by atoms with Gasteiger partial charge in [-0.2, -0.15) is 0 Å². The lowest BCUT2D eigenvalue weighted by molar-refractivity contribution is -0.131. The average molecular weight is 500 g/mol. The van der Waals surface area contributed by atoms with Gasteiger partial charge in [-0.25, -0.2) is 4.98 Å². The van der Waals surface area contributed by atoms with Crippen molar-refractivity contribution >= 4 is 32.9 Å². The molecule has 33 heavy (non-hydrogen) atoms. The van der Waals surface area contributed by atoms with E-state index in [4.69, 9.17) is 4.98 Å². The van der Waals surface area contributed by atoms with Crippen LogP contribution in [0.25, 0.3) is 33.5 Å². The van der Waals surface area contributed by atoms with Gasteiger partial charge in [-0.05, 0) is 54.5 Å². The van der Waals surface area contributed by atoms with Gasteiger partial charge in [0.25, 0.3) is 0 Å². The van der Waals surface area contributed by atoms with Crippen LogP contribution in [0.1, 0.15) is 19.3 Å². The molecule has 2 fully saturated rings. The lowest BCUT2D eigenvalue weighted by Crippen LogP contribution is -2.30. The van der Waals surface area contributed by atoms with Crippen LogP contribution in [-0.4, -0.2) is 33.4 Å². The first-order valence-corrected chi connectivity index (χ1v) is 12.6. The van der Waals surface area contributed by atoms with Gasteiger partial charge < -0.3 is 9.47 Å². The Hall–Kier alpha value is -2.92. The zero-order valence-corrected chi connectivity index (χ0v) is 20.0. The van der Waals surface area contributed by atoms with E-state index in [0.717, 1.165) is 65.8 Å². The van der Waals surface area contributed by atoms with Crippen LogP contribution in [0.2, 0.25) is 0 Å². The van der Waals surface area contributed by atoms with Crippen LogP contribution in [0, 0.1) is 11.8 Å². The van der Waals surface area contributed by atoms with Crippen LogP contribution < -0.4 is 0 Å². The van der Waals surface area contributed by atoms with Crippen LogP contribution in [0.4, 0.5) is 0 Å². The van der Waals surface area contributed by atoms with Crippen molar-refractivity contribution in [2.45, 2.75) is 25.8 Å². The summed E-state index contributed by atoms with van der Waals surface area (Å²) in [4.78, 5) is 19.7. The Kier molecular flexibility index (Phi) is 5.30. The number of hydrogen-bond donors (Lipinski definition) is 0. The molecular formula is C28H26BrN3O. The number of carbonyl (C=O) groups is 1. The maximum atomic E-state index is 12.6. The van der Waals surface area contributed by atoms with Crippen LogP contribution in [0.3, 0.4) is 0 Å². The normalized spacial score (nSPS) is 18.2. The molecule has 1 saturated carbocycles. The van der Waals surface area contributed by atoms with Crippen molar-refractivity contribution in [3.63, 3.8) is 0 Å². The summed E-state index contributed by atoms with van der Waals surface area (Å²) >= 11 is 3.64. The highest BCUT2D eigenvalue weighted by atomic mass is 79.9. The van der Waals surface area contributed by atoms with Crippen molar-refractivity contribution in [3.05, 3.63) is 77.3 Å². The minimum Gasteiger partial charge on any atom is -0.342 e. The molecule has 1 saturated heterocycles. The Morgan fingerprint density at radius 2 is 1.64 bits per heavy atom.